The van der Waals surface area contributed by atoms with Crippen molar-refractivity contribution in [1.82, 2.24) is 0 Å². The third-order valence-corrected chi connectivity index (χ3v) is 4.92. The van der Waals surface area contributed by atoms with E-state index in [9.17, 15) is 13.2 Å². The molecule has 0 aromatic heterocycles. The largest absolute Gasteiger partial charge is 0.416 e. The van der Waals surface area contributed by atoms with Crippen molar-refractivity contribution in [3.05, 3.63) is 94.0 Å². The van der Waals surface area contributed by atoms with Crippen molar-refractivity contribution >= 4 is 0 Å². The number of benzene rings is 3. The fourth-order valence-electron chi connectivity index (χ4n) is 3.45. The van der Waals surface area contributed by atoms with E-state index in [0.717, 1.165) is 30.5 Å². The van der Waals surface area contributed by atoms with Crippen molar-refractivity contribution < 1.29 is 13.2 Å². The Morgan fingerprint density at radius 1 is 0.778 bits per heavy atom. The molecule has 0 atom stereocenters. The molecule has 0 heterocycles. The highest BCUT2D eigenvalue weighted by Gasteiger charge is 2.29. The maximum atomic E-state index is 12.6. The SMILES string of the molecule is CCc1ccc2c(c1)Cc1cc(C#Cc3ccc(C(F)(F)F)cc3)ccc1-2. The molecule has 0 amide bonds. The van der Waals surface area contributed by atoms with E-state index in [1.165, 1.54) is 39.9 Å². The Bertz CT molecular complexity index is 1060. The normalized spacial score (nSPS) is 12.1. The van der Waals surface area contributed by atoms with Crippen LogP contribution < -0.4 is 0 Å². The molecule has 134 valence electrons. The van der Waals surface area contributed by atoms with Gasteiger partial charge in [-0.3, -0.25) is 0 Å². The summed E-state index contributed by atoms with van der Waals surface area (Å²) in [7, 11) is 0. The lowest BCUT2D eigenvalue weighted by molar-refractivity contribution is -0.137. The minimum Gasteiger partial charge on any atom is -0.166 e. The Hall–Kier alpha value is -2.99. The predicted molar refractivity (Wildman–Crippen MR) is 101 cm³/mol. The quantitative estimate of drug-likeness (QED) is 0.352. The van der Waals surface area contributed by atoms with Crippen LogP contribution in [0.25, 0.3) is 11.1 Å². The summed E-state index contributed by atoms with van der Waals surface area (Å²) in [6.45, 7) is 2.15. The molecule has 0 bridgehead atoms. The average molecular weight is 362 g/mol. The molecule has 1 aliphatic carbocycles. The molecule has 3 aromatic carbocycles. The number of halogens is 3. The molecule has 1 aliphatic rings. The van der Waals surface area contributed by atoms with Crippen molar-refractivity contribution in [2.75, 3.05) is 0 Å². The first-order valence-electron chi connectivity index (χ1n) is 8.88. The van der Waals surface area contributed by atoms with Crippen LogP contribution in [0.1, 0.15) is 40.3 Å². The number of hydrogen-bond donors (Lipinski definition) is 0. The first kappa shape index (κ1) is 17.4. The summed E-state index contributed by atoms with van der Waals surface area (Å²) in [5, 5.41) is 0. The van der Waals surface area contributed by atoms with Crippen LogP contribution in [-0.2, 0) is 19.0 Å². The summed E-state index contributed by atoms with van der Waals surface area (Å²) in [5.41, 5.74) is 7.24. The third-order valence-electron chi connectivity index (χ3n) is 4.92. The Kier molecular flexibility index (Phi) is 4.28. The zero-order valence-electron chi connectivity index (χ0n) is 14.8. The van der Waals surface area contributed by atoms with Crippen LogP contribution >= 0.6 is 0 Å². The van der Waals surface area contributed by atoms with E-state index in [4.69, 9.17) is 0 Å². The van der Waals surface area contributed by atoms with E-state index in [-0.39, 0.29) is 0 Å². The third kappa shape index (κ3) is 3.48. The smallest absolute Gasteiger partial charge is 0.166 e. The molecular formula is C24H17F3. The Morgan fingerprint density at radius 2 is 1.37 bits per heavy atom. The first-order chi connectivity index (χ1) is 12.9. The number of aryl methyl sites for hydroxylation is 1. The number of hydrogen-bond acceptors (Lipinski definition) is 0. The first-order valence-corrected chi connectivity index (χ1v) is 8.88. The zero-order chi connectivity index (χ0) is 19.0. The fraction of sp³-hybridized carbons (Fsp3) is 0.167. The number of alkyl halides is 3. The minimum atomic E-state index is -4.32. The van der Waals surface area contributed by atoms with E-state index in [1.54, 1.807) is 0 Å². The van der Waals surface area contributed by atoms with Gasteiger partial charge in [-0.2, -0.15) is 13.2 Å². The summed E-state index contributed by atoms with van der Waals surface area (Å²) in [5.74, 6) is 6.02. The second-order valence-corrected chi connectivity index (χ2v) is 6.72. The molecule has 0 nitrogen and oxygen atoms in total. The molecule has 27 heavy (non-hydrogen) atoms. The molecule has 0 saturated heterocycles. The lowest BCUT2D eigenvalue weighted by Crippen LogP contribution is -2.04. The van der Waals surface area contributed by atoms with Crippen LogP contribution in [0, 0.1) is 11.8 Å². The molecule has 3 heteroatoms. The van der Waals surface area contributed by atoms with Gasteiger partial charge in [0.1, 0.15) is 0 Å². The van der Waals surface area contributed by atoms with Gasteiger partial charge in [0.15, 0.2) is 0 Å². The lowest BCUT2D eigenvalue weighted by atomic mass is 10.0. The summed E-state index contributed by atoms with van der Waals surface area (Å²) in [6.07, 6.45) is -2.40. The highest BCUT2D eigenvalue weighted by Crippen LogP contribution is 2.37. The highest BCUT2D eigenvalue weighted by atomic mass is 19.4. The van der Waals surface area contributed by atoms with Gasteiger partial charge in [-0.1, -0.05) is 43.0 Å². The van der Waals surface area contributed by atoms with Gasteiger partial charge in [0.2, 0.25) is 0 Å². The van der Waals surface area contributed by atoms with Gasteiger partial charge in [-0.15, -0.1) is 0 Å². The van der Waals surface area contributed by atoms with E-state index >= 15 is 0 Å². The summed E-state index contributed by atoms with van der Waals surface area (Å²) < 4.78 is 37.9. The van der Waals surface area contributed by atoms with Crippen LogP contribution in [0.3, 0.4) is 0 Å². The zero-order valence-corrected chi connectivity index (χ0v) is 14.8. The number of rotatable bonds is 1. The standard InChI is InChI=1S/C24H17F3/c1-2-16-7-11-22-19(13-16)15-20-14-18(8-12-23(20)22)4-3-17-5-9-21(10-6-17)24(25,26)27/h5-14H,2,15H2,1H3. The lowest BCUT2D eigenvalue weighted by Gasteiger charge is -2.05. The maximum absolute atomic E-state index is 12.6. The average Bonchev–Trinajstić information content (AvgIpc) is 3.02. The summed E-state index contributed by atoms with van der Waals surface area (Å²) in [6, 6.07) is 17.7. The molecule has 0 spiro atoms. The van der Waals surface area contributed by atoms with Gasteiger partial charge in [-0.25, -0.2) is 0 Å². The molecule has 0 fully saturated rings. The Labute approximate surface area is 156 Å². The van der Waals surface area contributed by atoms with Crippen LogP contribution in [0.5, 0.6) is 0 Å². The fourth-order valence-corrected chi connectivity index (χ4v) is 3.45. The van der Waals surface area contributed by atoms with E-state index in [1.807, 2.05) is 6.07 Å². The van der Waals surface area contributed by atoms with Crippen molar-refractivity contribution in [3.63, 3.8) is 0 Å². The van der Waals surface area contributed by atoms with E-state index < -0.39 is 11.7 Å². The molecule has 0 N–H and O–H groups in total. The van der Waals surface area contributed by atoms with Crippen molar-refractivity contribution in [2.45, 2.75) is 25.9 Å². The predicted octanol–water partition coefficient (Wildman–Crippen LogP) is 6.24. The van der Waals surface area contributed by atoms with Gasteiger partial charge in [-0.05, 0) is 77.1 Å². The molecule has 0 unspecified atom stereocenters. The Morgan fingerprint density at radius 3 is 2.04 bits per heavy atom. The summed E-state index contributed by atoms with van der Waals surface area (Å²) in [4.78, 5) is 0. The van der Waals surface area contributed by atoms with Gasteiger partial charge in [0.05, 0.1) is 5.56 Å². The molecule has 3 aromatic rings. The number of fused-ring (bicyclic) bond motifs is 3. The molecular weight excluding hydrogens is 345 g/mol. The van der Waals surface area contributed by atoms with Crippen LogP contribution in [0.15, 0.2) is 60.7 Å². The van der Waals surface area contributed by atoms with E-state index in [2.05, 4.69) is 49.1 Å². The summed E-state index contributed by atoms with van der Waals surface area (Å²) >= 11 is 0. The Balaban J connectivity index is 1.58. The molecule has 0 radical (unpaired) electrons. The molecule has 0 saturated carbocycles. The van der Waals surface area contributed by atoms with Crippen molar-refractivity contribution in [2.24, 2.45) is 0 Å². The molecule has 4 rings (SSSR count). The minimum absolute atomic E-state index is 0.569. The van der Waals surface area contributed by atoms with Gasteiger partial charge in [0, 0.05) is 11.1 Å². The van der Waals surface area contributed by atoms with Crippen molar-refractivity contribution in [1.29, 1.82) is 0 Å². The van der Waals surface area contributed by atoms with Gasteiger partial charge in [0.25, 0.3) is 0 Å². The van der Waals surface area contributed by atoms with E-state index in [0.29, 0.717) is 5.56 Å². The second-order valence-electron chi connectivity index (χ2n) is 6.72. The maximum Gasteiger partial charge on any atom is 0.416 e. The van der Waals surface area contributed by atoms with Crippen LogP contribution in [-0.4, -0.2) is 0 Å². The van der Waals surface area contributed by atoms with Crippen LogP contribution in [0.4, 0.5) is 13.2 Å². The van der Waals surface area contributed by atoms with Gasteiger partial charge >= 0.3 is 6.18 Å². The van der Waals surface area contributed by atoms with Crippen LogP contribution in [0.2, 0.25) is 0 Å². The van der Waals surface area contributed by atoms with Crippen molar-refractivity contribution in [3.8, 4) is 23.0 Å². The van der Waals surface area contributed by atoms with Gasteiger partial charge < -0.3 is 0 Å². The monoisotopic (exact) mass is 362 g/mol. The second kappa shape index (κ2) is 6.63. The topological polar surface area (TPSA) is 0 Å². The highest BCUT2D eigenvalue weighted by molar-refractivity contribution is 5.77. The molecule has 0 aliphatic heterocycles.